The first kappa shape index (κ1) is 12.6. The van der Waals surface area contributed by atoms with E-state index in [2.05, 4.69) is 54.3 Å². The molecule has 0 saturated heterocycles. The fraction of sp³-hybridized carbons (Fsp3) is 0.333. The summed E-state index contributed by atoms with van der Waals surface area (Å²) in [5.74, 6) is 1.75. The van der Waals surface area contributed by atoms with E-state index in [0.29, 0.717) is 0 Å². The second kappa shape index (κ2) is 5.63. The standard InChI is InChI=1S/C15H19N3/c1-4-16-14-7-8-17-15(18-14)10-13-6-5-11(2)12(3)9-13/h5-9H,4,10H2,1-3H3,(H,16,17,18). The monoisotopic (exact) mass is 241 g/mol. The maximum Gasteiger partial charge on any atom is 0.135 e. The average molecular weight is 241 g/mol. The van der Waals surface area contributed by atoms with Gasteiger partial charge < -0.3 is 5.32 Å². The molecule has 1 aromatic carbocycles. The van der Waals surface area contributed by atoms with Crippen LogP contribution in [0.25, 0.3) is 0 Å². The molecule has 1 N–H and O–H groups in total. The van der Waals surface area contributed by atoms with Crippen LogP contribution in [0.4, 0.5) is 5.82 Å². The number of benzene rings is 1. The summed E-state index contributed by atoms with van der Waals surface area (Å²) in [6.07, 6.45) is 2.59. The van der Waals surface area contributed by atoms with E-state index in [1.807, 2.05) is 6.07 Å². The second-order valence-electron chi connectivity index (χ2n) is 4.48. The van der Waals surface area contributed by atoms with Crippen LogP contribution in [-0.2, 0) is 6.42 Å². The fourth-order valence-corrected chi connectivity index (χ4v) is 1.86. The second-order valence-corrected chi connectivity index (χ2v) is 4.48. The first-order valence-corrected chi connectivity index (χ1v) is 6.31. The van der Waals surface area contributed by atoms with Crippen LogP contribution in [0.1, 0.15) is 29.4 Å². The zero-order chi connectivity index (χ0) is 13.0. The first-order chi connectivity index (χ1) is 8.69. The fourth-order valence-electron chi connectivity index (χ4n) is 1.86. The SMILES string of the molecule is CCNc1ccnc(Cc2ccc(C)c(C)c2)n1. The molecule has 0 spiro atoms. The maximum absolute atomic E-state index is 4.49. The number of rotatable bonds is 4. The topological polar surface area (TPSA) is 37.8 Å². The van der Waals surface area contributed by atoms with Gasteiger partial charge in [0, 0.05) is 19.2 Å². The molecule has 0 aliphatic carbocycles. The third-order valence-electron chi connectivity index (χ3n) is 3.00. The molecule has 3 heteroatoms. The van der Waals surface area contributed by atoms with E-state index in [1.165, 1.54) is 16.7 Å². The Morgan fingerprint density at radius 1 is 1.11 bits per heavy atom. The predicted octanol–water partition coefficient (Wildman–Crippen LogP) is 3.12. The quantitative estimate of drug-likeness (QED) is 0.893. The molecule has 0 atom stereocenters. The number of aromatic nitrogens is 2. The summed E-state index contributed by atoms with van der Waals surface area (Å²) < 4.78 is 0. The number of anilines is 1. The molecule has 1 heterocycles. The van der Waals surface area contributed by atoms with Crippen LogP contribution >= 0.6 is 0 Å². The zero-order valence-electron chi connectivity index (χ0n) is 11.2. The van der Waals surface area contributed by atoms with Gasteiger partial charge in [-0.3, -0.25) is 0 Å². The van der Waals surface area contributed by atoms with Gasteiger partial charge in [0.25, 0.3) is 0 Å². The molecule has 0 radical (unpaired) electrons. The van der Waals surface area contributed by atoms with Crippen molar-refractivity contribution in [1.29, 1.82) is 0 Å². The molecule has 3 nitrogen and oxygen atoms in total. The number of hydrogen-bond donors (Lipinski definition) is 1. The number of nitrogens with one attached hydrogen (secondary N) is 1. The molecule has 0 saturated carbocycles. The van der Waals surface area contributed by atoms with E-state index in [-0.39, 0.29) is 0 Å². The molecule has 2 rings (SSSR count). The van der Waals surface area contributed by atoms with Gasteiger partial charge in [0.05, 0.1) is 0 Å². The number of aryl methyl sites for hydroxylation is 2. The third kappa shape index (κ3) is 3.06. The van der Waals surface area contributed by atoms with Crippen molar-refractivity contribution >= 4 is 5.82 Å². The Morgan fingerprint density at radius 2 is 1.94 bits per heavy atom. The summed E-state index contributed by atoms with van der Waals surface area (Å²) in [4.78, 5) is 8.81. The van der Waals surface area contributed by atoms with Crippen molar-refractivity contribution in [3.63, 3.8) is 0 Å². The minimum absolute atomic E-state index is 0.778. The van der Waals surface area contributed by atoms with Gasteiger partial charge in [0.15, 0.2) is 0 Å². The highest BCUT2D eigenvalue weighted by atomic mass is 15.0. The van der Waals surface area contributed by atoms with Gasteiger partial charge in [-0.15, -0.1) is 0 Å². The Morgan fingerprint density at radius 3 is 2.67 bits per heavy atom. The molecular weight excluding hydrogens is 222 g/mol. The van der Waals surface area contributed by atoms with E-state index >= 15 is 0 Å². The molecular formula is C15H19N3. The summed E-state index contributed by atoms with van der Waals surface area (Å²) in [6, 6.07) is 8.40. The third-order valence-corrected chi connectivity index (χ3v) is 3.00. The summed E-state index contributed by atoms with van der Waals surface area (Å²) >= 11 is 0. The maximum atomic E-state index is 4.49. The predicted molar refractivity (Wildman–Crippen MR) is 74.9 cm³/mol. The molecule has 0 fully saturated rings. The van der Waals surface area contributed by atoms with Gasteiger partial charge in [0.1, 0.15) is 11.6 Å². The minimum atomic E-state index is 0.778. The highest BCUT2D eigenvalue weighted by Gasteiger charge is 2.02. The van der Waals surface area contributed by atoms with Crippen molar-refractivity contribution in [2.45, 2.75) is 27.2 Å². The summed E-state index contributed by atoms with van der Waals surface area (Å²) in [7, 11) is 0. The Balaban J connectivity index is 2.17. The van der Waals surface area contributed by atoms with Crippen LogP contribution in [0.5, 0.6) is 0 Å². The van der Waals surface area contributed by atoms with Crippen LogP contribution in [0.3, 0.4) is 0 Å². The Bertz CT molecular complexity index is 535. The van der Waals surface area contributed by atoms with Gasteiger partial charge in [-0.05, 0) is 43.5 Å². The van der Waals surface area contributed by atoms with Gasteiger partial charge in [-0.2, -0.15) is 0 Å². The molecule has 0 unspecified atom stereocenters. The van der Waals surface area contributed by atoms with Crippen molar-refractivity contribution < 1.29 is 0 Å². The lowest BCUT2D eigenvalue weighted by Crippen LogP contribution is -2.03. The molecule has 1 aromatic heterocycles. The van der Waals surface area contributed by atoms with Gasteiger partial charge in [-0.25, -0.2) is 9.97 Å². The largest absolute Gasteiger partial charge is 0.370 e. The number of nitrogens with zero attached hydrogens (tertiary/aromatic N) is 2. The van der Waals surface area contributed by atoms with Gasteiger partial charge in [0.2, 0.25) is 0 Å². The van der Waals surface area contributed by atoms with Crippen molar-refractivity contribution in [1.82, 2.24) is 9.97 Å². The Labute approximate surface area is 108 Å². The van der Waals surface area contributed by atoms with Crippen molar-refractivity contribution in [2.75, 3.05) is 11.9 Å². The lowest BCUT2D eigenvalue weighted by molar-refractivity contribution is 0.960. The van der Waals surface area contributed by atoms with Crippen molar-refractivity contribution in [2.24, 2.45) is 0 Å². The molecule has 0 aliphatic rings. The van der Waals surface area contributed by atoms with Crippen LogP contribution in [0, 0.1) is 13.8 Å². The summed E-state index contributed by atoms with van der Waals surface area (Å²) in [5, 5.41) is 3.20. The Hall–Kier alpha value is -1.90. The number of hydrogen-bond acceptors (Lipinski definition) is 3. The summed E-state index contributed by atoms with van der Waals surface area (Å²) in [6.45, 7) is 7.20. The van der Waals surface area contributed by atoms with Crippen LogP contribution in [0.15, 0.2) is 30.5 Å². The van der Waals surface area contributed by atoms with E-state index in [4.69, 9.17) is 0 Å². The smallest absolute Gasteiger partial charge is 0.135 e. The van der Waals surface area contributed by atoms with Crippen molar-refractivity contribution in [3.8, 4) is 0 Å². The normalized spacial score (nSPS) is 10.4. The van der Waals surface area contributed by atoms with Gasteiger partial charge >= 0.3 is 0 Å². The zero-order valence-corrected chi connectivity index (χ0v) is 11.2. The molecule has 0 aliphatic heterocycles. The molecule has 0 amide bonds. The molecule has 94 valence electrons. The molecule has 0 bridgehead atoms. The lowest BCUT2D eigenvalue weighted by atomic mass is 10.0. The average Bonchev–Trinajstić information content (AvgIpc) is 2.35. The van der Waals surface area contributed by atoms with Crippen LogP contribution in [0.2, 0.25) is 0 Å². The first-order valence-electron chi connectivity index (χ1n) is 6.31. The van der Waals surface area contributed by atoms with E-state index in [1.54, 1.807) is 6.20 Å². The van der Waals surface area contributed by atoms with Crippen LogP contribution < -0.4 is 5.32 Å². The molecule has 18 heavy (non-hydrogen) atoms. The highest BCUT2D eigenvalue weighted by Crippen LogP contribution is 2.13. The highest BCUT2D eigenvalue weighted by molar-refractivity contribution is 5.35. The lowest BCUT2D eigenvalue weighted by Gasteiger charge is -2.06. The van der Waals surface area contributed by atoms with E-state index in [0.717, 1.165) is 24.6 Å². The van der Waals surface area contributed by atoms with Gasteiger partial charge in [-0.1, -0.05) is 18.2 Å². The van der Waals surface area contributed by atoms with Crippen LogP contribution in [-0.4, -0.2) is 16.5 Å². The van der Waals surface area contributed by atoms with E-state index < -0.39 is 0 Å². The summed E-state index contributed by atoms with van der Waals surface area (Å²) in [5.41, 5.74) is 3.89. The molecule has 2 aromatic rings. The van der Waals surface area contributed by atoms with Crippen molar-refractivity contribution in [3.05, 3.63) is 53.0 Å². The van der Waals surface area contributed by atoms with E-state index in [9.17, 15) is 0 Å². The Kier molecular flexibility index (Phi) is 3.92. The minimum Gasteiger partial charge on any atom is -0.370 e.